The minimum Gasteiger partial charge on any atom is -0.384 e. The molecule has 0 aromatic carbocycles. The van der Waals surface area contributed by atoms with Gasteiger partial charge >= 0.3 is 0 Å². The molecule has 0 rings (SSSR count). The first-order chi connectivity index (χ1) is 6.70. The van der Waals surface area contributed by atoms with Gasteiger partial charge in [-0.05, 0) is 18.1 Å². The number of carbonyl (C=O) groups is 1. The van der Waals surface area contributed by atoms with Crippen LogP contribution in [0.2, 0.25) is 0 Å². The number of hydrogen-bond donors (Lipinski definition) is 1. The third-order valence-electron chi connectivity index (χ3n) is 1.79. The van der Waals surface area contributed by atoms with Crippen molar-refractivity contribution in [2.24, 2.45) is 5.92 Å². The number of aliphatic hydroxyl groups excluding tert-OH is 1. The molecule has 0 saturated carbocycles. The van der Waals surface area contributed by atoms with Crippen molar-refractivity contribution in [1.29, 1.82) is 0 Å². The summed E-state index contributed by atoms with van der Waals surface area (Å²) in [5.41, 5.74) is 0. The van der Waals surface area contributed by atoms with Crippen LogP contribution in [0.15, 0.2) is 0 Å². The van der Waals surface area contributed by atoms with Gasteiger partial charge in [0.1, 0.15) is 6.61 Å². The zero-order chi connectivity index (χ0) is 10.8. The fraction of sp³-hybridized carbons (Fsp3) is 0.727. The second-order valence-electron chi connectivity index (χ2n) is 3.16. The van der Waals surface area contributed by atoms with E-state index in [0.29, 0.717) is 12.3 Å². The fourth-order valence-corrected chi connectivity index (χ4v) is 1.79. The lowest BCUT2D eigenvalue weighted by Gasteiger charge is -2.06. The quantitative estimate of drug-likeness (QED) is 0.712. The van der Waals surface area contributed by atoms with Crippen molar-refractivity contribution in [3.63, 3.8) is 0 Å². The predicted octanol–water partition coefficient (Wildman–Crippen LogP) is 2.07. The molecule has 1 atom stereocenters. The summed E-state index contributed by atoms with van der Waals surface area (Å²) in [7, 11) is 0. The maximum Gasteiger partial charge on any atom is 0.189 e. The van der Waals surface area contributed by atoms with Crippen LogP contribution < -0.4 is 0 Å². The highest BCUT2D eigenvalue weighted by atomic mass is 32.2. The van der Waals surface area contributed by atoms with Crippen molar-refractivity contribution in [1.82, 2.24) is 0 Å². The summed E-state index contributed by atoms with van der Waals surface area (Å²) in [5, 5.41) is 8.69. The second kappa shape index (κ2) is 9.11. The first-order valence-corrected chi connectivity index (χ1v) is 5.91. The Hall–Kier alpha value is -0.460. The molecular weight excluding hydrogens is 196 g/mol. The van der Waals surface area contributed by atoms with Crippen molar-refractivity contribution in [3.05, 3.63) is 0 Å². The van der Waals surface area contributed by atoms with Crippen molar-refractivity contribution in [2.75, 3.05) is 12.4 Å². The normalized spacial score (nSPS) is 11.6. The Bertz CT molecular complexity index is 215. The maximum absolute atomic E-state index is 11.2. The molecular formula is C11H18O2S. The second-order valence-corrected chi connectivity index (χ2v) is 4.49. The van der Waals surface area contributed by atoms with Gasteiger partial charge in [0.05, 0.1) is 0 Å². The van der Waals surface area contributed by atoms with Gasteiger partial charge in [-0.15, -0.1) is 5.92 Å². The molecule has 0 fully saturated rings. The van der Waals surface area contributed by atoms with E-state index in [0.717, 1.165) is 18.6 Å². The molecule has 0 heterocycles. The highest BCUT2D eigenvalue weighted by Crippen LogP contribution is 2.15. The molecule has 0 amide bonds. The standard InChI is InChI=1S/C11H18O2S/c1-3-14-11(13)9-10(2)7-5-4-6-8-12/h10,12H,3,5,7-9H2,1-2H3/t10-/m1/s1. The van der Waals surface area contributed by atoms with Crippen molar-refractivity contribution in [2.45, 2.75) is 33.1 Å². The van der Waals surface area contributed by atoms with Crippen molar-refractivity contribution < 1.29 is 9.90 Å². The van der Waals surface area contributed by atoms with E-state index in [1.165, 1.54) is 11.8 Å². The van der Waals surface area contributed by atoms with Crippen LogP contribution >= 0.6 is 11.8 Å². The predicted molar refractivity (Wildman–Crippen MR) is 61.0 cm³/mol. The molecule has 0 aliphatic carbocycles. The topological polar surface area (TPSA) is 37.3 Å². The zero-order valence-electron chi connectivity index (χ0n) is 8.88. The highest BCUT2D eigenvalue weighted by Gasteiger charge is 2.07. The average Bonchev–Trinajstić information content (AvgIpc) is 2.13. The van der Waals surface area contributed by atoms with Crippen LogP contribution in [0.4, 0.5) is 0 Å². The van der Waals surface area contributed by atoms with Gasteiger partial charge in [0.25, 0.3) is 0 Å². The van der Waals surface area contributed by atoms with Gasteiger partial charge in [0.15, 0.2) is 5.12 Å². The molecule has 0 saturated heterocycles. The van der Waals surface area contributed by atoms with E-state index >= 15 is 0 Å². The number of aliphatic hydroxyl groups is 1. The molecule has 0 aromatic rings. The minimum atomic E-state index is -0.0704. The maximum atomic E-state index is 11.2. The van der Waals surface area contributed by atoms with Gasteiger partial charge in [-0.3, -0.25) is 4.79 Å². The molecule has 0 radical (unpaired) electrons. The molecule has 2 nitrogen and oxygen atoms in total. The Morgan fingerprint density at radius 3 is 2.79 bits per heavy atom. The third kappa shape index (κ3) is 8.15. The summed E-state index contributed by atoms with van der Waals surface area (Å²) in [6, 6.07) is 0. The number of hydrogen-bond acceptors (Lipinski definition) is 3. The largest absolute Gasteiger partial charge is 0.384 e. The Morgan fingerprint density at radius 2 is 2.21 bits per heavy atom. The summed E-state index contributed by atoms with van der Waals surface area (Å²) in [6.45, 7) is 3.98. The van der Waals surface area contributed by atoms with E-state index in [2.05, 4.69) is 18.8 Å². The van der Waals surface area contributed by atoms with Gasteiger partial charge < -0.3 is 5.11 Å². The van der Waals surface area contributed by atoms with E-state index < -0.39 is 0 Å². The van der Waals surface area contributed by atoms with E-state index in [9.17, 15) is 4.79 Å². The average molecular weight is 214 g/mol. The van der Waals surface area contributed by atoms with Gasteiger partial charge in [0.2, 0.25) is 0 Å². The molecule has 0 unspecified atom stereocenters. The molecule has 1 N–H and O–H groups in total. The Kier molecular flexibility index (Phi) is 8.81. The summed E-state index contributed by atoms with van der Waals surface area (Å²) in [4.78, 5) is 11.2. The van der Waals surface area contributed by atoms with Crippen LogP contribution in [0.3, 0.4) is 0 Å². The first-order valence-electron chi connectivity index (χ1n) is 4.92. The van der Waals surface area contributed by atoms with E-state index in [-0.39, 0.29) is 11.7 Å². The summed E-state index contributed by atoms with van der Waals surface area (Å²) in [6.07, 6.45) is 2.34. The van der Waals surface area contributed by atoms with E-state index in [1.54, 1.807) is 0 Å². The van der Waals surface area contributed by atoms with Crippen LogP contribution in [0.1, 0.15) is 33.1 Å². The molecule has 0 aliphatic heterocycles. The molecule has 14 heavy (non-hydrogen) atoms. The van der Waals surface area contributed by atoms with Gasteiger partial charge in [0, 0.05) is 12.8 Å². The molecule has 0 aliphatic rings. The number of rotatable bonds is 5. The molecule has 0 aromatic heterocycles. The van der Waals surface area contributed by atoms with Crippen molar-refractivity contribution >= 4 is 16.9 Å². The smallest absolute Gasteiger partial charge is 0.189 e. The van der Waals surface area contributed by atoms with Crippen molar-refractivity contribution in [3.8, 4) is 11.8 Å². The molecule has 3 heteroatoms. The monoisotopic (exact) mass is 214 g/mol. The van der Waals surface area contributed by atoms with Crippen LogP contribution in [-0.2, 0) is 4.79 Å². The molecule has 0 spiro atoms. The van der Waals surface area contributed by atoms with Gasteiger partial charge in [-0.1, -0.05) is 31.5 Å². The Labute approximate surface area is 90.5 Å². The molecule has 0 bridgehead atoms. The Balaban J connectivity index is 3.54. The lowest BCUT2D eigenvalue weighted by atomic mass is 10.0. The van der Waals surface area contributed by atoms with Crippen LogP contribution in [0.25, 0.3) is 0 Å². The van der Waals surface area contributed by atoms with Crippen LogP contribution in [0.5, 0.6) is 0 Å². The third-order valence-corrected chi connectivity index (χ3v) is 2.56. The summed E-state index contributed by atoms with van der Waals surface area (Å²) < 4.78 is 0. The zero-order valence-corrected chi connectivity index (χ0v) is 9.69. The minimum absolute atomic E-state index is 0.0704. The lowest BCUT2D eigenvalue weighted by molar-refractivity contribution is -0.111. The van der Waals surface area contributed by atoms with Crippen LogP contribution in [0, 0.1) is 17.8 Å². The van der Waals surface area contributed by atoms with Crippen LogP contribution in [-0.4, -0.2) is 22.6 Å². The SMILES string of the molecule is CCSC(=O)C[C@H](C)CCC#CCO. The fourth-order valence-electron chi connectivity index (χ4n) is 1.07. The molecule has 80 valence electrons. The van der Waals surface area contributed by atoms with Gasteiger partial charge in [-0.2, -0.15) is 0 Å². The Morgan fingerprint density at radius 1 is 1.50 bits per heavy atom. The first kappa shape index (κ1) is 13.5. The highest BCUT2D eigenvalue weighted by molar-refractivity contribution is 8.13. The number of carbonyl (C=O) groups excluding carboxylic acids is 1. The summed E-state index contributed by atoms with van der Waals surface area (Å²) in [5.74, 6) is 6.71. The lowest BCUT2D eigenvalue weighted by Crippen LogP contribution is -2.02. The summed E-state index contributed by atoms with van der Waals surface area (Å²) >= 11 is 1.39. The van der Waals surface area contributed by atoms with E-state index in [4.69, 9.17) is 5.11 Å². The van der Waals surface area contributed by atoms with Gasteiger partial charge in [-0.25, -0.2) is 0 Å². The van der Waals surface area contributed by atoms with E-state index in [1.807, 2.05) is 6.92 Å². The number of thioether (sulfide) groups is 1.